The molecule has 0 aromatic rings. The average Bonchev–Trinajstić information content (AvgIpc) is 2.99. The van der Waals surface area contributed by atoms with E-state index >= 15 is 0 Å². The number of Topliss-reactive ketones (excluding diaryl/α,β-unsaturated/α-hetero) is 1. The van der Waals surface area contributed by atoms with Crippen LogP contribution in [0, 0.1) is 5.92 Å². The maximum absolute atomic E-state index is 11.9. The first kappa shape index (κ1) is 10.2. The zero-order valence-electron chi connectivity index (χ0n) is 9.05. The van der Waals surface area contributed by atoms with Crippen LogP contribution in [0.5, 0.6) is 0 Å². The van der Waals surface area contributed by atoms with E-state index in [2.05, 4.69) is 0 Å². The van der Waals surface area contributed by atoms with Crippen LogP contribution in [0.4, 0.5) is 0 Å². The minimum absolute atomic E-state index is 0.337. The van der Waals surface area contributed by atoms with Gasteiger partial charge in [-0.05, 0) is 38.5 Å². The summed E-state index contributed by atoms with van der Waals surface area (Å²) in [6, 6.07) is 0. The van der Waals surface area contributed by atoms with Crippen molar-refractivity contribution in [3.05, 3.63) is 0 Å². The molecule has 2 aliphatic rings. The maximum atomic E-state index is 11.9. The fourth-order valence-corrected chi connectivity index (χ4v) is 2.16. The third kappa shape index (κ3) is 2.35. The van der Waals surface area contributed by atoms with E-state index in [1.54, 1.807) is 0 Å². The van der Waals surface area contributed by atoms with E-state index < -0.39 is 5.60 Å². The van der Waals surface area contributed by atoms with Crippen LogP contribution < -0.4 is 0 Å². The summed E-state index contributed by atoms with van der Waals surface area (Å²) in [6.45, 7) is 2.74. The average molecular weight is 196 g/mol. The van der Waals surface area contributed by atoms with Gasteiger partial charge >= 0.3 is 0 Å². The summed E-state index contributed by atoms with van der Waals surface area (Å²) >= 11 is 0. The van der Waals surface area contributed by atoms with E-state index in [1.807, 2.05) is 6.92 Å². The van der Waals surface area contributed by atoms with Crippen molar-refractivity contribution < 1.29 is 9.53 Å². The van der Waals surface area contributed by atoms with E-state index in [1.165, 1.54) is 12.8 Å². The molecule has 14 heavy (non-hydrogen) atoms. The molecule has 1 unspecified atom stereocenters. The molecule has 2 heteroatoms. The summed E-state index contributed by atoms with van der Waals surface area (Å²) in [5.41, 5.74) is -0.437. The molecule has 1 heterocycles. The summed E-state index contributed by atoms with van der Waals surface area (Å²) in [5.74, 6) is 1.19. The minimum Gasteiger partial charge on any atom is -0.368 e. The van der Waals surface area contributed by atoms with Crippen molar-refractivity contribution in [3.63, 3.8) is 0 Å². The lowest BCUT2D eigenvalue weighted by atomic mass is 9.89. The van der Waals surface area contributed by atoms with Gasteiger partial charge in [0.15, 0.2) is 5.78 Å². The van der Waals surface area contributed by atoms with Gasteiger partial charge in [-0.3, -0.25) is 4.79 Å². The van der Waals surface area contributed by atoms with Gasteiger partial charge in [0.25, 0.3) is 0 Å². The smallest absolute Gasteiger partial charge is 0.164 e. The molecule has 0 aromatic heterocycles. The van der Waals surface area contributed by atoms with Gasteiger partial charge in [0, 0.05) is 13.0 Å². The molecule has 1 saturated carbocycles. The molecule has 0 radical (unpaired) electrons. The SMILES string of the molecule is CC1(C(=O)CCC2CC2)CCCCO1. The van der Waals surface area contributed by atoms with E-state index in [4.69, 9.17) is 4.74 Å². The van der Waals surface area contributed by atoms with Crippen molar-refractivity contribution in [1.29, 1.82) is 0 Å². The van der Waals surface area contributed by atoms with Crippen molar-refractivity contribution in [2.24, 2.45) is 5.92 Å². The number of hydrogen-bond donors (Lipinski definition) is 0. The summed E-state index contributed by atoms with van der Waals surface area (Å²) in [6.07, 6.45) is 7.70. The van der Waals surface area contributed by atoms with E-state index in [-0.39, 0.29) is 0 Å². The van der Waals surface area contributed by atoms with Gasteiger partial charge in [0.05, 0.1) is 0 Å². The molecule has 1 aliphatic heterocycles. The molecular weight excluding hydrogens is 176 g/mol. The number of carbonyl (C=O) groups excluding carboxylic acids is 1. The number of hydrogen-bond acceptors (Lipinski definition) is 2. The second-order valence-corrected chi connectivity index (χ2v) is 4.94. The Morgan fingerprint density at radius 2 is 2.21 bits per heavy atom. The van der Waals surface area contributed by atoms with Crippen LogP contribution in [0.2, 0.25) is 0 Å². The molecule has 2 nitrogen and oxygen atoms in total. The van der Waals surface area contributed by atoms with Crippen LogP contribution in [0.15, 0.2) is 0 Å². The Bertz CT molecular complexity index is 212. The zero-order valence-corrected chi connectivity index (χ0v) is 9.05. The lowest BCUT2D eigenvalue weighted by molar-refractivity contribution is -0.148. The second-order valence-electron chi connectivity index (χ2n) is 4.94. The highest BCUT2D eigenvalue weighted by molar-refractivity contribution is 5.87. The summed E-state index contributed by atoms with van der Waals surface area (Å²) < 4.78 is 5.63. The van der Waals surface area contributed by atoms with E-state index in [9.17, 15) is 4.79 Å². The lowest BCUT2D eigenvalue weighted by Crippen LogP contribution is -2.41. The molecule has 1 aliphatic carbocycles. The molecule has 0 amide bonds. The number of rotatable bonds is 4. The quantitative estimate of drug-likeness (QED) is 0.691. The topological polar surface area (TPSA) is 26.3 Å². The van der Waals surface area contributed by atoms with Gasteiger partial charge in [-0.1, -0.05) is 12.8 Å². The first-order valence-electron chi connectivity index (χ1n) is 5.88. The first-order valence-corrected chi connectivity index (χ1v) is 5.88. The molecule has 1 atom stereocenters. The zero-order chi connectivity index (χ0) is 10.0. The van der Waals surface area contributed by atoms with Gasteiger partial charge in [-0.15, -0.1) is 0 Å². The van der Waals surface area contributed by atoms with Crippen LogP contribution in [0.25, 0.3) is 0 Å². The predicted molar refractivity (Wildman–Crippen MR) is 55.2 cm³/mol. The normalized spacial score (nSPS) is 32.9. The Balaban J connectivity index is 1.80. The molecule has 0 bridgehead atoms. The number of ether oxygens (including phenoxy) is 1. The molecule has 0 N–H and O–H groups in total. The highest BCUT2D eigenvalue weighted by atomic mass is 16.5. The van der Waals surface area contributed by atoms with Gasteiger partial charge in [0.2, 0.25) is 0 Å². The summed E-state index contributed by atoms with van der Waals surface area (Å²) in [7, 11) is 0. The van der Waals surface area contributed by atoms with Crippen molar-refractivity contribution in [1.82, 2.24) is 0 Å². The van der Waals surface area contributed by atoms with Gasteiger partial charge in [0.1, 0.15) is 5.60 Å². The molecular formula is C12H20O2. The van der Waals surface area contributed by atoms with Crippen molar-refractivity contribution >= 4 is 5.78 Å². The fraction of sp³-hybridized carbons (Fsp3) is 0.917. The van der Waals surface area contributed by atoms with Crippen molar-refractivity contribution in [2.45, 2.75) is 57.5 Å². The minimum atomic E-state index is -0.437. The highest BCUT2D eigenvalue weighted by Crippen LogP contribution is 2.35. The highest BCUT2D eigenvalue weighted by Gasteiger charge is 2.36. The van der Waals surface area contributed by atoms with Crippen LogP contribution in [-0.2, 0) is 9.53 Å². The first-order chi connectivity index (χ1) is 6.71. The fourth-order valence-electron chi connectivity index (χ4n) is 2.16. The number of ketones is 1. The van der Waals surface area contributed by atoms with Crippen LogP contribution in [-0.4, -0.2) is 18.0 Å². The Hall–Kier alpha value is -0.370. The van der Waals surface area contributed by atoms with Gasteiger partial charge in [-0.2, -0.15) is 0 Å². The van der Waals surface area contributed by atoms with E-state index in [0.29, 0.717) is 5.78 Å². The Kier molecular flexibility index (Phi) is 2.91. The van der Waals surface area contributed by atoms with Crippen molar-refractivity contribution in [2.75, 3.05) is 6.61 Å². The molecule has 80 valence electrons. The third-order valence-corrected chi connectivity index (χ3v) is 3.54. The largest absolute Gasteiger partial charge is 0.368 e. The van der Waals surface area contributed by atoms with Crippen LogP contribution in [0.1, 0.15) is 51.9 Å². The summed E-state index contributed by atoms with van der Waals surface area (Å²) in [5, 5.41) is 0. The molecule has 2 fully saturated rings. The number of carbonyl (C=O) groups is 1. The maximum Gasteiger partial charge on any atom is 0.164 e. The molecule has 0 spiro atoms. The second kappa shape index (κ2) is 4.01. The van der Waals surface area contributed by atoms with E-state index in [0.717, 1.165) is 44.6 Å². The molecule has 0 aromatic carbocycles. The standard InChI is InChI=1S/C12H20O2/c1-12(8-2-3-9-14-12)11(13)7-6-10-4-5-10/h10H,2-9H2,1H3. The Morgan fingerprint density at radius 1 is 1.43 bits per heavy atom. The van der Waals surface area contributed by atoms with Crippen molar-refractivity contribution in [3.8, 4) is 0 Å². The third-order valence-electron chi connectivity index (χ3n) is 3.54. The molecule has 2 rings (SSSR count). The summed E-state index contributed by atoms with van der Waals surface area (Å²) in [4.78, 5) is 11.9. The Labute approximate surface area is 86.0 Å². The molecule has 1 saturated heterocycles. The van der Waals surface area contributed by atoms with Crippen LogP contribution in [0.3, 0.4) is 0 Å². The lowest BCUT2D eigenvalue weighted by Gasteiger charge is -2.32. The van der Waals surface area contributed by atoms with Gasteiger partial charge < -0.3 is 4.74 Å². The Morgan fingerprint density at radius 3 is 2.79 bits per heavy atom. The monoisotopic (exact) mass is 196 g/mol. The van der Waals surface area contributed by atoms with Gasteiger partial charge in [-0.25, -0.2) is 0 Å². The predicted octanol–water partition coefficient (Wildman–Crippen LogP) is 2.70. The van der Waals surface area contributed by atoms with Crippen LogP contribution >= 0.6 is 0 Å².